The predicted octanol–water partition coefficient (Wildman–Crippen LogP) is 2.72. The molecule has 2 saturated heterocycles. The summed E-state index contributed by atoms with van der Waals surface area (Å²) < 4.78 is 23.4. The van der Waals surface area contributed by atoms with Gasteiger partial charge in [-0.3, -0.25) is 0 Å². The van der Waals surface area contributed by atoms with E-state index in [0.29, 0.717) is 5.92 Å². The van der Waals surface area contributed by atoms with E-state index in [0.717, 1.165) is 32.5 Å². The zero-order chi connectivity index (χ0) is 14.4. The molecule has 0 N–H and O–H groups in total. The van der Waals surface area contributed by atoms with Gasteiger partial charge in [0.15, 0.2) is 6.29 Å². The van der Waals surface area contributed by atoms with Crippen LogP contribution in [0.15, 0.2) is 11.5 Å². The Labute approximate surface area is 121 Å². The highest BCUT2D eigenvalue weighted by Gasteiger charge is 2.52. The molecule has 0 spiro atoms. The summed E-state index contributed by atoms with van der Waals surface area (Å²) in [6, 6.07) is 0. The molecule has 4 nitrogen and oxygen atoms in total. The van der Waals surface area contributed by atoms with Crippen LogP contribution in [0.4, 0.5) is 0 Å². The highest BCUT2D eigenvalue weighted by Crippen LogP contribution is 2.41. The van der Waals surface area contributed by atoms with E-state index in [4.69, 9.17) is 18.8 Å². The number of ether oxygens (including phenoxy) is 2. The Morgan fingerprint density at radius 1 is 1.05 bits per heavy atom. The lowest BCUT2D eigenvalue weighted by Gasteiger charge is -2.32. The summed E-state index contributed by atoms with van der Waals surface area (Å²) in [4.78, 5) is 0. The number of hydrogen-bond donors (Lipinski definition) is 0. The predicted molar refractivity (Wildman–Crippen MR) is 77.2 cm³/mol. The summed E-state index contributed by atoms with van der Waals surface area (Å²) in [6.45, 7) is 9.85. The van der Waals surface area contributed by atoms with Crippen LogP contribution < -0.4 is 0 Å². The molecule has 0 aromatic rings. The minimum absolute atomic E-state index is 0.00824. The maximum Gasteiger partial charge on any atom is 0.490 e. The van der Waals surface area contributed by atoms with E-state index in [1.165, 1.54) is 5.47 Å². The minimum Gasteiger partial charge on any atom is -0.400 e. The molecule has 5 heteroatoms. The highest BCUT2D eigenvalue weighted by molar-refractivity contribution is 6.54. The Morgan fingerprint density at radius 3 is 2.15 bits per heavy atom. The van der Waals surface area contributed by atoms with Gasteiger partial charge in [-0.2, -0.15) is 0 Å². The number of hydrogen-bond acceptors (Lipinski definition) is 4. The second-order valence-electron chi connectivity index (χ2n) is 7.01. The van der Waals surface area contributed by atoms with E-state index < -0.39 is 0 Å². The lowest BCUT2D eigenvalue weighted by Crippen LogP contribution is -2.41. The first kappa shape index (κ1) is 14.6. The van der Waals surface area contributed by atoms with Crippen molar-refractivity contribution in [3.05, 3.63) is 11.5 Å². The van der Waals surface area contributed by atoms with Gasteiger partial charge in [-0.1, -0.05) is 6.08 Å². The average molecular weight is 280 g/mol. The molecule has 2 aliphatic heterocycles. The maximum atomic E-state index is 6.11. The largest absolute Gasteiger partial charge is 0.490 e. The molecule has 3 rings (SSSR count). The van der Waals surface area contributed by atoms with Gasteiger partial charge in [-0.15, -0.1) is 0 Å². The van der Waals surface area contributed by atoms with Crippen molar-refractivity contribution < 1.29 is 18.8 Å². The number of allylic oxidation sites excluding steroid dienone is 2. The van der Waals surface area contributed by atoms with Gasteiger partial charge in [-0.05, 0) is 52.4 Å². The second kappa shape index (κ2) is 5.13. The van der Waals surface area contributed by atoms with Crippen molar-refractivity contribution in [2.75, 3.05) is 13.2 Å². The average Bonchev–Trinajstić information content (AvgIpc) is 2.97. The van der Waals surface area contributed by atoms with Crippen LogP contribution in [0.2, 0.25) is 0 Å². The normalized spacial score (nSPS) is 33.5. The topological polar surface area (TPSA) is 36.9 Å². The molecule has 2 heterocycles. The minimum atomic E-state index is -0.257. The van der Waals surface area contributed by atoms with E-state index in [9.17, 15) is 0 Å². The molecule has 2 fully saturated rings. The van der Waals surface area contributed by atoms with Gasteiger partial charge in [0.1, 0.15) is 0 Å². The maximum absolute atomic E-state index is 6.11. The molecule has 0 saturated carbocycles. The highest BCUT2D eigenvalue weighted by atomic mass is 16.7. The molecule has 3 aliphatic rings. The van der Waals surface area contributed by atoms with Gasteiger partial charge in [0.2, 0.25) is 0 Å². The fourth-order valence-corrected chi connectivity index (χ4v) is 2.98. The van der Waals surface area contributed by atoms with Crippen LogP contribution in [0.25, 0.3) is 0 Å². The molecule has 0 aromatic heterocycles. The third kappa shape index (κ3) is 2.57. The molecule has 0 aromatic carbocycles. The Kier molecular flexibility index (Phi) is 3.74. The van der Waals surface area contributed by atoms with E-state index in [2.05, 4.69) is 33.8 Å². The summed E-state index contributed by atoms with van der Waals surface area (Å²) >= 11 is 0. The van der Waals surface area contributed by atoms with Crippen LogP contribution in [0.1, 0.15) is 47.0 Å². The third-order valence-corrected chi connectivity index (χ3v) is 5.08. The van der Waals surface area contributed by atoms with E-state index in [1.54, 1.807) is 0 Å². The first-order valence-corrected chi connectivity index (χ1v) is 7.67. The summed E-state index contributed by atoms with van der Waals surface area (Å²) in [6.07, 6.45) is 5.34. The number of rotatable bonds is 2. The van der Waals surface area contributed by atoms with Crippen molar-refractivity contribution in [2.45, 2.75) is 64.4 Å². The van der Waals surface area contributed by atoms with Gasteiger partial charge in [0, 0.05) is 5.92 Å². The van der Waals surface area contributed by atoms with E-state index in [-0.39, 0.29) is 24.6 Å². The van der Waals surface area contributed by atoms with Gasteiger partial charge in [0.25, 0.3) is 0 Å². The zero-order valence-corrected chi connectivity index (χ0v) is 13.0. The van der Waals surface area contributed by atoms with Crippen molar-refractivity contribution >= 4 is 7.12 Å². The fourth-order valence-electron chi connectivity index (χ4n) is 2.98. The van der Waals surface area contributed by atoms with Crippen molar-refractivity contribution in [1.82, 2.24) is 0 Å². The van der Waals surface area contributed by atoms with E-state index in [1.807, 2.05) is 0 Å². The van der Waals surface area contributed by atoms with Crippen LogP contribution in [-0.2, 0) is 18.8 Å². The fraction of sp³-hybridized carbons (Fsp3) is 0.867. The smallest absolute Gasteiger partial charge is 0.400 e. The first-order valence-electron chi connectivity index (χ1n) is 7.67. The summed E-state index contributed by atoms with van der Waals surface area (Å²) in [5.41, 5.74) is 0.762. The molecular weight excluding hydrogens is 255 g/mol. The molecule has 0 amide bonds. The zero-order valence-electron chi connectivity index (χ0n) is 13.0. The molecule has 112 valence electrons. The Morgan fingerprint density at radius 2 is 1.65 bits per heavy atom. The van der Waals surface area contributed by atoms with E-state index >= 15 is 0 Å². The third-order valence-electron chi connectivity index (χ3n) is 5.08. The van der Waals surface area contributed by atoms with Crippen LogP contribution in [0.5, 0.6) is 0 Å². The molecule has 0 radical (unpaired) electrons. The van der Waals surface area contributed by atoms with Crippen molar-refractivity contribution in [2.24, 2.45) is 5.92 Å². The van der Waals surface area contributed by atoms with Crippen molar-refractivity contribution in [3.63, 3.8) is 0 Å². The van der Waals surface area contributed by atoms with Crippen LogP contribution in [-0.4, -0.2) is 37.8 Å². The Balaban J connectivity index is 1.62. The van der Waals surface area contributed by atoms with Crippen molar-refractivity contribution in [3.8, 4) is 0 Å². The van der Waals surface area contributed by atoms with Crippen molar-refractivity contribution in [1.29, 1.82) is 0 Å². The molecule has 20 heavy (non-hydrogen) atoms. The quantitative estimate of drug-likeness (QED) is 0.729. The summed E-state index contributed by atoms with van der Waals surface area (Å²) in [7, 11) is -0.189. The van der Waals surface area contributed by atoms with Gasteiger partial charge in [-0.25, -0.2) is 0 Å². The standard InChI is InChI=1S/C15H25BO4/c1-14(2)15(3,4)20-16(19-14)12-7-5-11(6-8-12)13-17-9-10-18-13/h7,11,13H,5-6,8-10H2,1-4H3. The van der Waals surface area contributed by atoms with Crippen LogP contribution in [0.3, 0.4) is 0 Å². The van der Waals surface area contributed by atoms with Crippen LogP contribution >= 0.6 is 0 Å². The molecule has 1 unspecified atom stereocenters. The Hall–Kier alpha value is -0.355. The second-order valence-corrected chi connectivity index (χ2v) is 7.01. The lowest BCUT2D eigenvalue weighted by atomic mass is 9.70. The molecular formula is C15H25BO4. The summed E-state index contributed by atoms with van der Waals surface area (Å²) in [5, 5.41) is 0. The molecule has 0 bridgehead atoms. The Bertz CT molecular complexity index is 383. The molecule has 1 atom stereocenters. The SMILES string of the molecule is CC1(C)OB(C2=CCC(C3OCCO3)CC2)OC1(C)C. The van der Waals surface area contributed by atoms with Gasteiger partial charge in [0.05, 0.1) is 24.4 Å². The van der Waals surface area contributed by atoms with Gasteiger partial charge >= 0.3 is 7.12 Å². The lowest BCUT2D eigenvalue weighted by molar-refractivity contribution is -0.0854. The molecule has 1 aliphatic carbocycles. The van der Waals surface area contributed by atoms with Gasteiger partial charge < -0.3 is 18.8 Å². The van der Waals surface area contributed by atoms with Crippen LogP contribution in [0, 0.1) is 5.92 Å². The summed E-state index contributed by atoms with van der Waals surface area (Å²) in [5.74, 6) is 0.476. The monoisotopic (exact) mass is 280 g/mol. The first-order chi connectivity index (χ1) is 9.39.